The molecule has 3 nitrogen and oxygen atoms in total. The predicted octanol–water partition coefficient (Wildman–Crippen LogP) is 3.34. The van der Waals surface area contributed by atoms with Crippen LogP contribution in [0, 0.1) is 5.92 Å². The highest BCUT2D eigenvalue weighted by molar-refractivity contribution is 6.07. The van der Waals surface area contributed by atoms with Crippen LogP contribution in [-0.4, -0.2) is 13.0 Å². The van der Waals surface area contributed by atoms with Gasteiger partial charge in [-0.15, -0.1) is 0 Å². The van der Waals surface area contributed by atoms with Crippen LogP contribution in [0.2, 0.25) is 0 Å². The molecule has 1 heterocycles. The van der Waals surface area contributed by atoms with E-state index in [9.17, 15) is 4.79 Å². The fourth-order valence-electron chi connectivity index (χ4n) is 3.05. The Morgan fingerprint density at radius 1 is 1.39 bits per heavy atom. The monoisotopic (exact) mass is 247 g/mol. The van der Waals surface area contributed by atoms with Gasteiger partial charge in [0.2, 0.25) is 5.91 Å². The summed E-state index contributed by atoms with van der Waals surface area (Å²) in [5.74, 6) is 1.13. The maximum absolute atomic E-state index is 12.5. The molecule has 1 N–H and O–H groups in total. The van der Waals surface area contributed by atoms with Gasteiger partial charge in [0.1, 0.15) is 5.75 Å². The lowest BCUT2D eigenvalue weighted by atomic mass is 9.69. The van der Waals surface area contributed by atoms with Gasteiger partial charge in [-0.1, -0.05) is 39.3 Å². The number of ether oxygens (including phenoxy) is 1. The Kier molecular flexibility index (Phi) is 3.33. The first-order chi connectivity index (χ1) is 8.57. The second-order valence-corrected chi connectivity index (χ2v) is 5.21. The van der Waals surface area contributed by atoms with E-state index in [-0.39, 0.29) is 11.8 Å². The van der Waals surface area contributed by atoms with Gasteiger partial charge in [0.05, 0.1) is 18.2 Å². The normalized spacial score (nSPS) is 21.9. The van der Waals surface area contributed by atoms with Crippen molar-refractivity contribution in [3.63, 3.8) is 0 Å². The highest BCUT2D eigenvalue weighted by Crippen LogP contribution is 2.49. The molecular weight excluding hydrogens is 226 g/mol. The third-order valence-corrected chi connectivity index (χ3v) is 4.00. The van der Waals surface area contributed by atoms with Gasteiger partial charge in [0.15, 0.2) is 0 Å². The standard InChI is InChI=1S/C15H21NO2/c1-5-9-15(10(2)3)11-7-6-8-12(18-4)13(11)16-14(15)17/h6-8,10H,5,9H2,1-4H3,(H,16,17). The number of para-hydroxylation sites is 1. The lowest BCUT2D eigenvalue weighted by molar-refractivity contribution is -0.122. The second kappa shape index (κ2) is 4.63. The lowest BCUT2D eigenvalue weighted by Gasteiger charge is -2.31. The zero-order valence-corrected chi connectivity index (χ0v) is 11.5. The first-order valence-electron chi connectivity index (χ1n) is 6.56. The number of nitrogens with one attached hydrogen (secondary N) is 1. The van der Waals surface area contributed by atoms with Crippen LogP contribution in [0.4, 0.5) is 5.69 Å². The fourth-order valence-corrected chi connectivity index (χ4v) is 3.05. The number of anilines is 1. The molecule has 0 aliphatic carbocycles. The molecule has 0 bridgehead atoms. The minimum Gasteiger partial charge on any atom is -0.495 e. The average molecular weight is 247 g/mol. The van der Waals surface area contributed by atoms with Crippen molar-refractivity contribution in [1.29, 1.82) is 0 Å². The van der Waals surface area contributed by atoms with Gasteiger partial charge in [-0.2, -0.15) is 0 Å². The molecule has 1 aliphatic rings. The van der Waals surface area contributed by atoms with Crippen LogP contribution in [0.5, 0.6) is 5.75 Å². The van der Waals surface area contributed by atoms with Gasteiger partial charge in [-0.05, 0) is 24.0 Å². The van der Waals surface area contributed by atoms with E-state index in [2.05, 4.69) is 26.1 Å². The number of benzene rings is 1. The first kappa shape index (κ1) is 12.9. The first-order valence-corrected chi connectivity index (χ1v) is 6.56. The largest absolute Gasteiger partial charge is 0.495 e. The molecule has 3 heteroatoms. The molecule has 1 aromatic carbocycles. The van der Waals surface area contributed by atoms with Gasteiger partial charge in [-0.3, -0.25) is 4.79 Å². The molecule has 0 saturated carbocycles. The van der Waals surface area contributed by atoms with E-state index in [1.807, 2.05) is 18.2 Å². The predicted molar refractivity (Wildman–Crippen MR) is 73.0 cm³/mol. The van der Waals surface area contributed by atoms with Crippen molar-refractivity contribution in [2.75, 3.05) is 12.4 Å². The summed E-state index contributed by atoms with van der Waals surface area (Å²) < 4.78 is 5.34. The molecule has 18 heavy (non-hydrogen) atoms. The van der Waals surface area contributed by atoms with Crippen LogP contribution in [0.25, 0.3) is 0 Å². The molecule has 0 aromatic heterocycles. The smallest absolute Gasteiger partial charge is 0.235 e. The third-order valence-electron chi connectivity index (χ3n) is 4.00. The highest BCUT2D eigenvalue weighted by atomic mass is 16.5. The summed E-state index contributed by atoms with van der Waals surface area (Å²) in [4.78, 5) is 12.5. The van der Waals surface area contributed by atoms with E-state index in [0.717, 1.165) is 29.8 Å². The number of methoxy groups -OCH3 is 1. The van der Waals surface area contributed by atoms with Crippen LogP contribution in [-0.2, 0) is 10.2 Å². The Morgan fingerprint density at radius 3 is 2.67 bits per heavy atom. The van der Waals surface area contributed by atoms with Crippen molar-refractivity contribution in [1.82, 2.24) is 0 Å². The maximum Gasteiger partial charge on any atom is 0.235 e. The zero-order valence-electron chi connectivity index (χ0n) is 11.5. The molecule has 98 valence electrons. The molecule has 0 fully saturated rings. The lowest BCUT2D eigenvalue weighted by Crippen LogP contribution is -2.39. The van der Waals surface area contributed by atoms with Crippen LogP contribution in [0.15, 0.2) is 18.2 Å². The summed E-state index contributed by atoms with van der Waals surface area (Å²) in [5.41, 5.74) is 1.54. The Morgan fingerprint density at radius 2 is 2.11 bits per heavy atom. The van der Waals surface area contributed by atoms with Crippen molar-refractivity contribution < 1.29 is 9.53 Å². The molecule has 1 amide bonds. The van der Waals surface area contributed by atoms with Crippen molar-refractivity contribution in [2.24, 2.45) is 5.92 Å². The van der Waals surface area contributed by atoms with E-state index in [0.29, 0.717) is 0 Å². The Hall–Kier alpha value is -1.51. The minimum absolute atomic E-state index is 0.110. The van der Waals surface area contributed by atoms with Crippen LogP contribution >= 0.6 is 0 Å². The van der Waals surface area contributed by atoms with Crippen molar-refractivity contribution >= 4 is 11.6 Å². The van der Waals surface area contributed by atoms with Crippen LogP contribution in [0.3, 0.4) is 0 Å². The van der Waals surface area contributed by atoms with E-state index < -0.39 is 5.41 Å². The molecule has 0 radical (unpaired) electrons. The molecule has 0 saturated heterocycles. The topological polar surface area (TPSA) is 38.3 Å². The van der Waals surface area contributed by atoms with Gasteiger partial charge >= 0.3 is 0 Å². The van der Waals surface area contributed by atoms with E-state index in [1.54, 1.807) is 7.11 Å². The van der Waals surface area contributed by atoms with Crippen molar-refractivity contribution in [3.05, 3.63) is 23.8 Å². The van der Waals surface area contributed by atoms with Gasteiger partial charge < -0.3 is 10.1 Å². The van der Waals surface area contributed by atoms with Gasteiger partial charge in [0, 0.05) is 0 Å². The Labute approximate surface area is 109 Å². The summed E-state index contributed by atoms with van der Waals surface area (Å²) in [7, 11) is 1.64. The number of hydrogen-bond donors (Lipinski definition) is 1. The second-order valence-electron chi connectivity index (χ2n) is 5.21. The van der Waals surface area contributed by atoms with Crippen molar-refractivity contribution in [2.45, 2.75) is 39.0 Å². The quantitative estimate of drug-likeness (QED) is 0.886. The van der Waals surface area contributed by atoms with E-state index >= 15 is 0 Å². The number of rotatable bonds is 4. The van der Waals surface area contributed by atoms with Gasteiger partial charge in [-0.25, -0.2) is 0 Å². The molecule has 1 aromatic rings. The zero-order chi connectivity index (χ0) is 13.3. The Bertz CT molecular complexity index is 468. The van der Waals surface area contributed by atoms with Crippen LogP contribution < -0.4 is 10.1 Å². The van der Waals surface area contributed by atoms with E-state index in [1.165, 1.54) is 0 Å². The molecule has 1 unspecified atom stereocenters. The maximum atomic E-state index is 12.5. The Balaban J connectivity index is 2.62. The molecule has 1 atom stereocenters. The van der Waals surface area contributed by atoms with Crippen molar-refractivity contribution in [3.8, 4) is 5.75 Å². The molecule has 1 aliphatic heterocycles. The highest BCUT2D eigenvalue weighted by Gasteiger charge is 2.49. The summed E-state index contributed by atoms with van der Waals surface area (Å²) in [6.45, 7) is 6.35. The van der Waals surface area contributed by atoms with Gasteiger partial charge in [0.25, 0.3) is 0 Å². The molecule has 2 rings (SSSR count). The number of carbonyl (C=O) groups is 1. The molecular formula is C15H21NO2. The number of amides is 1. The van der Waals surface area contributed by atoms with E-state index in [4.69, 9.17) is 4.74 Å². The number of hydrogen-bond acceptors (Lipinski definition) is 2. The number of fused-ring (bicyclic) bond motifs is 1. The average Bonchev–Trinajstić information content (AvgIpc) is 2.63. The summed E-state index contributed by atoms with van der Waals surface area (Å²) >= 11 is 0. The molecule has 0 spiro atoms. The van der Waals surface area contributed by atoms with Crippen LogP contribution in [0.1, 0.15) is 39.2 Å². The fraction of sp³-hybridized carbons (Fsp3) is 0.533. The summed E-state index contributed by atoms with van der Waals surface area (Å²) in [6, 6.07) is 5.90. The third kappa shape index (κ3) is 1.61. The SMILES string of the molecule is CCCC1(C(C)C)C(=O)Nc2c(OC)cccc21. The summed E-state index contributed by atoms with van der Waals surface area (Å²) in [5, 5.41) is 3.01. The minimum atomic E-state index is -0.404. The summed E-state index contributed by atoms with van der Waals surface area (Å²) in [6.07, 6.45) is 1.86. The number of carbonyl (C=O) groups excluding carboxylic acids is 1.